The minimum absolute atomic E-state index is 0.00532. The quantitative estimate of drug-likeness (QED) is 0.530. The molecule has 0 saturated carbocycles. The van der Waals surface area contributed by atoms with Crippen LogP contribution in [0.3, 0.4) is 0 Å². The monoisotopic (exact) mass is 196 g/mol. The summed E-state index contributed by atoms with van der Waals surface area (Å²) in [6.45, 7) is 1.57. The van der Waals surface area contributed by atoms with Crippen molar-refractivity contribution < 1.29 is 19.1 Å². The highest BCUT2D eigenvalue weighted by Gasteiger charge is 2.07. The number of carbonyl (C=O) groups is 2. The smallest absolute Gasteiger partial charge is 0.364 e. The van der Waals surface area contributed by atoms with Crippen LogP contribution in [0.5, 0.6) is 0 Å². The van der Waals surface area contributed by atoms with Gasteiger partial charge in [0.1, 0.15) is 12.7 Å². The van der Waals surface area contributed by atoms with Crippen molar-refractivity contribution in [1.29, 1.82) is 0 Å². The molecule has 0 aromatic heterocycles. The Morgan fingerprint density at radius 3 is 2.27 bits per heavy atom. The van der Waals surface area contributed by atoms with Crippen LogP contribution in [0.4, 0.5) is 9.59 Å². The number of ether oxygens (including phenoxy) is 2. The SMILES string of the molecule is CC(COC(=O)S)OC(=O)S. The summed E-state index contributed by atoms with van der Waals surface area (Å²) in [5, 5.41) is -1.40. The average Bonchev–Trinajstić information content (AvgIpc) is 1.82. The topological polar surface area (TPSA) is 52.6 Å². The Morgan fingerprint density at radius 1 is 1.36 bits per heavy atom. The molecular weight excluding hydrogens is 188 g/mol. The van der Waals surface area contributed by atoms with Gasteiger partial charge in [-0.2, -0.15) is 0 Å². The van der Waals surface area contributed by atoms with Gasteiger partial charge in [-0.25, -0.2) is 9.59 Å². The van der Waals surface area contributed by atoms with Crippen LogP contribution in [-0.4, -0.2) is 23.3 Å². The molecule has 0 aromatic carbocycles. The summed E-state index contributed by atoms with van der Waals surface area (Å²) >= 11 is 6.70. The molecule has 0 aliphatic carbocycles. The van der Waals surface area contributed by atoms with Gasteiger partial charge in [-0.05, 0) is 6.92 Å². The maximum atomic E-state index is 10.2. The van der Waals surface area contributed by atoms with Crippen LogP contribution in [-0.2, 0) is 9.47 Å². The molecule has 0 heterocycles. The van der Waals surface area contributed by atoms with Gasteiger partial charge in [-0.3, -0.25) is 0 Å². The Bertz CT molecular complexity index is 159. The van der Waals surface area contributed by atoms with Crippen molar-refractivity contribution in [2.75, 3.05) is 6.61 Å². The number of carbonyl (C=O) groups excluding carboxylic acids is 2. The summed E-state index contributed by atoms with van der Waals surface area (Å²) in [6, 6.07) is 0. The van der Waals surface area contributed by atoms with Gasteiger partial charge in [-0.15, -0.1) is 0 Å². The van der Waals surface area contributed by atoms with Gasteiger partial charge < -0.3 is 9.47 Å². The first-order chi connectivity index (χ1) is 5.02. The zero-order valence-electron chi connectivity index (χ0n) is 5.81. The number of hydrogen-bond acceptors (Lipinski definition) is 4. The van der Waals surface area contributed by atoms with Crippen LogP contribution in [0, 0.1) is 0 Å². The molecule has 0 aliphatic heterocycles. The summed E-state index contributed by atoms with van der Waals surface area (Å²) < 4.78 is 8.93. The van der Waals surface area contributed by atoms with E-state index in [-0.39, 0.29) is 6.61 Å². The molecule has 1 unspecified atom stereocenters. The lowest BCUT2D eigenvalue weighted by atomic mass is 10.4. The van der Waals surface area contributed by atoms with Crippen LogP contribution in [0.15, 0.2) is 0 Å². The molecule has 0 aromatic rings. The largest absolute Gasteiger partial charge is 0.454 e. The molecule has 64 valence electrons. The van der Waals surface area contributed by atoms with E-state index in [1.165, 1.54) is 0 Å². The van der Waals surface area contributed by atoms with E-state index in [0.717, 1.165) is 0 Å². The third-order valence-corrected chi connectivity index (χ3v) is 0.978. The summed E-state index contributed by atoms with van der Waals surface area (Å²) in [4.78, 5) is 20.3. The third-order valence-electron chi connectivity index (χ3n) is 0.744. The van der Waals surface area contributed by atoms with Crippen LogP contribution >= 0.6 is 25.3 Å². The summed E-state index contributed by atoms with van der Waals surface area (Å²) in [7, 11) is 0. The van der Waals surface area contributed by atoms with Crippen molar-refractivity contribution in [1.82, 2.24) is 0 Å². The number of hydrogen-bond donors (Lipinski definition) is 2. The molecule has 0 radical (unpaired) electrons. The van der Waals surface area contributed by atoms with E-state index in [4.69, 9.17) is 0 Å². The van der Waals surface area contributed by atoms with E-state index in [1.807, 2.05) is 0 Å². The molecule has 6 heteroatoms. The second kappa shape index (κ2) is 5.31. The molecule has 0 amide bonds. The van der Waals surface area contributed by atoms with Crippen molar-refractivity contribution in [2.24, 2.45) is 0 Å². The van der Waals surface area contributed by atoms with E-state index in [2.05, 4.69) is 34.7 Å². The average molecular weight is 196 g/mol. The van der Waals surface area contributed by atoms with Crippen LogP contribution in [0.1, 0.15) is 6.92 Å². The Morgan fingerprint density at radius 2 is 1.91 bits per heavy atom. The lowest BCUT2D eigenvalue weighted by Crippen LogP contribution is -2.17. The Labute approximate surface area is 75.1 Å². The number of thiol groups is 2. The zero-order valence-corrected chi connectivity index (χ0v) is 7.60. The van der Waals surface area contributed by atoms with E-state index >= 15 is 0 Å². The van der Waals surface area contributed by atoms with Gasteiger partial charge in [0.05, 0.1) is 0 Å². The van der Waals surface area contributed by atoms with Gasteiger partial charge in [-0.1, -0.05) is 25.3 Å². The Hall–Kier alpha value is -0.360. The highest BCUT2D eigenvalue weighted by atomic mass is 32.1. The maximum absolute atomic E-state index is 10.2. The lowest BCUT2D eigenvalue weighted by molar-refractivity contribution is 0.0768. The lowest BCUT2D eigenvalue weighted by Gasteiger charge is -2.09. The third kappa shape index (κ3) is 7.54. The van der Waals surface area contributed by atoms with Gasteiger partial charge in [0.2, 0.25) is 0 Å². The fraction of sp³-hybridized carbons (Fsp3) is 0.600. The first-order valence-corrected chi connectivity index (χ1v) is 3.67. The molecule has 0 aliphatic rings. The molecule has 1 atom stereocenters. The summed E-state index contributed by atoms with van der Waals surface area (Å²) in [5.41, 5.74) is 0. The van der Waals surface area contributed by atoms with Crippen molar-refractivity contribution in [2.45, 2.75) is 13.0 Å². The van der Waals surface area contributed by atoms with Crippen molar-refractivity contribution in [3.8, 4) is 0 Å². The number of rotatable bonds is 3. The fourth-order valence-electron chi connectivity index (χ4n) is 0.395. The van der Waals surface area contributed by atoms with Crippen molar-refractivity contribution in [3.63, 3.8) is 0 Å². The van der Waals surface area contributed by atoms with Crippen LogP contribution < -0.4 is 0 Å². The maximum Gasteiger partial charge on any atom is 0.364 e. The van der Waals surface area contributed by atoms with Crippen molar-refractivity contribution >= 4 is 35.9 Å². The molecule has 0 rings (SSSR count). The normalized spacial score (nSPS) is 11.9. The molecule has 0 bridgehead atoms. The predicted molar refractivity (Wildman–Crippen MR) is 45.3 cm³/mol. The van der Waals surface area contributed by atoms with Gasteiger partial charge in [0.15, 0.2) is 0 Å². The summed E-state index contributed by atoms with van der Waals surface area (Å²) in [6.07, 6.45) is -0.490. The Balaban J connectivity index is 3.44. The van der Waals surface area contributed by atoms with E-state index in [0.29, 0.717) is 0 Å². The zero-order chi connectivity index (χ0) is 8.85. The predicted octanol–water partition coefficient (Wildman–Crippen LogP) is 1.51. The fourth-order valence-corrected chi connectivity index (χ4v) is 0.649. The second-order valence-electron chi connectivity index (χ2n) is 1.77. The molecule has 0 fully saturated rings. The first kappa shape index (κ1) is 10.6. The molecule has 0 saturated heterocycles. The van der Waals surface area contributed by atoms with Gasteiger partial charge >= 0.3 is 10.6 Å². The van der Waals surface area contributed by atoms with E-state index in [1.54, 1.807) is 6.92 Å². The minimum Gasteiger partial charge on any atom is -0.454 e. The molecule has 0 N–H and O–H groups in total. The van der Waals surface area contributed by atoms with Crippen LogP contribution in [0.2, 0.25) is 0 Å². The highest BCUT2D eigenvalue weighted by molar-refractivity contribution is 7.96. The first-order valence-electron chi connectivity index (χ1n) is 2.77. The molecule has 0 spiro atoms. The minimum atomic E-state index is -0.702. The summed E-state index contributed by atoms with van der Waals surface area (Å²) in [5.74, 6) is 0. The van der Waals surface area contributed by atoms with Crippen LogP contribution in [0.25, 0.3) is 0 Å². The molecule has 11 heavy (non-hydrogen) atoms. The Kier molecular flexibility index (Phi) is 5.14. The standard InChI is InChI=1S/C5H8O4S2/c1-3(9-5(7)11)2-8-4(6)10/h3H,2H2,1H3,(H,6,10)(H,7,11). The highest BCUT2D eigenvalue weighted by Crippen LogP contribution is 1.97. The van der Waals surface area contributed by atoms with E-state index < -0.39 is 16.7 Å². The van der Waals surface area contributed by atoms with Gasteiger partial charge in [0, 0.05) is 0 Å². The second-order valence-corrected chi connectivity index (χ2v) is 2.50. The van der Waals surface area contributed by atoms with E-state index in [9.17, 15) is 9.59 Å². The molecular formula is C5H8O4S2. The molecule has 4 nitrogen and oxygen atoms in total. The van der Waals surface area contributed by atoms with Gasteiger partial charge in [0.25, 0.3) is 0 Å². The van der Waals surface area contributed by atoms with Crippen molar-refractivity contribution in [3.05, 3.63) is 0 Å².